The quantitative estimate of drug-likeness (QED) is 0.896. The van der Waals surface area contributed by atoms with E-state index in [1.54, 1.807) is 4.90 Å². The Morgan fingerprint density at radius 1 is 1.24 bits per heavy atom. The summed E-state index contributed by atoms with van der Waals surface area (Å²) in [5.41, 5.74) is 4.52. The van der Waals surface area contributed by atoms with Gasteiger partial charge < -0.3 is 10.0 Å². The molecule has 0 unspecified atom stereocenters. The van der Waals surface area contributed by atoms with Crippen LogP contribution in [0.5, 0.6) is 0 Å². The van der Waals surface area contributed by atoms with Crippen LogP contribution in [0.3, 0.4) is 0 Å². The Bertz CT molecular complexity index is 649. The number of hydrogen-bond acceptors (Lipinski definition) is 3. The second-order valence-corrected chi connectivity index (χ2v) is 5.30. The third-order valence-corrected chi connectivity index (χ3v) is 4.06. The molecular formula is C16H19N3O2. The molecule has 1 aliphatic heterocycles. The summed E-state index contributed by atoms with van der Waals surface area (Å²) in [5.74, 6) is -0.197. The molecule has 0 saturated carbocycles. The lowest BCUT2D eigenvalue weighted by Crippen LogP contribution is -2.35. The molecule has 2 aromatic rings. The smallest absolute Gasteiger partial charge is 0.248 e. The van der Waals surface area contributed by atoms with Crippen molar-refractivity contribution in [1.29, 1.82) is 0 Å². The van der Waals surface area contributed by atoms with Crippen molar-refractivity contribution in [3.05, 3.63) is 41.6 Å². The Balaban J connectivity index is 1.94. The molecule has 1 aromatic heterocycles. The van der Waals surface area contributed by atoms with Gasteiger partial charge in [0, 0.05) is 43.4 Å². The van der Waals surface area contributed by atoms with E-state index in [0.29, 0.717) is 13.1 Å². The predicted molar refractivity (Wildman–Crippen MR) is 79.7 cm³/mol. The first-order valence-electron chi connectivity index (χ1n) is 7.19. The van der Waals surface area contributed by atoms with Crippen LogP contribution < -0.4 is 0 Å². The fraction of sp³-hybridized carbons (Fsp3) is 0.375. The van der Waals surface area contributed by atoms with Gasteiger partial charge in [-0.3, -0.25) is 9.48 Å². The number of aromatic nitrogens is 2. The van der Waals surface area contributed by atoms with E-state index in [0.717, 1.165) is 24.1 Å². The maximum atomic E-state index is 11.7. The zero-order valence-corrected chi connectivity index (χ0v) is 12.1. The lowest BCUT2D eigenvalue weighted by atomic mass is 10.0. The monoisotopic (exact) mass is 285 g/mol. The topological polar surface area (TPSA) is 58.4 Å². The van der Waals surface area contributed by atoms with E-state index in [9.17, 15) is 4.79 Å². The van der Waals surface area contributed by atoms with Crippen LogP contribution >= 0.6 is 0 Å². The van der Waals surface area contributed by atoms with Crippen molar-refractivity contribution in [2.45, 2.75) is 12.8 Å². The van der Waals surface area contributed by atoms with Gasteiger partial charge in [0.2, 0.25) is 5.91 Å². The van der Waals surface area contributed by atoms with Crippen LogP contribution in [0.2, 0.25) is 0 Å². The molecule has 1 amide bonds. The molecule has 0 saturated heterocycles. The molecule has 5 nitrogen and oxygen atoms in total. The van der Waals surface area contributed by atoms with Gasteiger partial charge in [-0.25, -0.2) is 0 Å². The minimum atomic E-state index is -0.417. The van der Waals surface area contributed by atoms with Crippen LogP contribution in [0.15, 0.2) is 30.3 Å². The van der Waals surface area contributed by atoms with Crippen LogP contribution in [0.25, 0.3) is 11.3 Å². The van der Waals surface area contributed by atoms with Crippen molar-refractivity contribution >= 4 is 5.91 Å². The number of nitrogens with zero attached hydrogens (tertiary/aromatic N) is 3. The lowest BCUT2D eigenvalue weighted by molar-refractivity contribution is -0.134. The normalized spacial score (nSPS) is 14.7. The Morgan fingerprint density at radius 3 is 2.67 bits per heavy atom. The molecule has 110 valence electrons. The summed E-state index contributed by atoms with van der Waals surface area (Å²) in [4.78, 5) is 13.4. The molecule has 0 aliphatic carbocycles. The average molecular weight is 285 g/mol. The van der Waals surface area contributed by atoms with E-state index in [4.69, 9.17) is 5.11 Å². The third kappa shape index (κ3) is 2.56. The number of fused-ring (bicyclic) bond motifs is 1. The molecule has 1 aromatic carbocycles. The first kappa shape index (κ1) is 13.8. The summed E-state index contributed by atoms with van der Waals surface area (Å²) in [6, 6.07) is 10.1. The van der Waals surface area contributed by atoms with Gasteiger partial charge in [-0.15, -0.1) is 0 Å². The van der Waals surface area contributed by atoms with Crippen molar-refractivity contribution in [3.8, 4) is 11.3 Å². The first-order chi connectivity index (χ1) is 10.2. The minimum Gasteiger partial charge on any atom is -0.387 e. The van der Waals surface area contributed by atoms with Gasteiger partial charge in [0.25, 0.3) is 0 Å². The van der Waals surface area contributed by atoms with Crippen molar-refractivity contribution < 1.29 is 9.90 Å². The molecule has 2 heterocycles. The second kappa shape index (κ2) is 5.69. The molecule has 0 spiro atoms. The molecule has 0 atom stereocenters. The SMILES string of the molecule is Cn1nc(-c2ccccc2)c2c1CCN(C(=O)CO)CC2. The van der Waals surface area contributed by atoms with Crippen LogP contribution in [0.1, 0.15) is 11.3 Å². The first-order valence-corrected chi connectivity index (χ1v) is 7.19. The van der Waals surface area contributed by atoms with Crippen molar-refractivity contribution in [2.24, 2.45) is 7.05 Å². The molecule has 0 fully saturated rings. The van der Waals surface area contributed by atoms with Crippen LogP contribution in [0.4, 0.5) is 0 Å². The number of carbonyl (C=O) groups is 1. The second-order valence-electron chi connectivity index (χ2n) is 5.30. The summed E-state index contributed by atoms with van der Waals surface area (Å²) >= 11 is 0. The van der Waals surface area contributed by atoms with Gasteiger partial charge in [0.1, 0.15) is 6.61 Å². The van der Waals surface area contributed by atoms with E-state index < -0.39 is 6.61 Å². The Hall–Kier alpha value is -2.14. The zero-order chi connectivity index (χ0) is 14.8. The Labute approximate surface area is 123 Å². The van der Waals surface area contributed by atoms with Gasteiger partial charge in [0.15, 0.2) is 0 Å². The lowest BCUT2D eigenvalue weighted by Gasteiger charge is -2.18. The largest absolute Gasteiger partial charge is 0.387 e. The molecule has 21 heavy (non-hydrogen) atoms. The summed E-state index contributed by atoms with van der Waals surface area (Å²) in [6.45, 7) is 0.859. The van der Waals surface area contributed by atoms with Crippen LogP contribution in [-0.4, -0.2) is 45.4 Å². The van der Waals surface area contributed by atoms with E-state index >= 15 is 0 Å². The minimum absolute atomic E-state index is 0.197. The highest BCUT2D eigenvalue weighted by Crippen LogP contribution is 2.27. The highest BCUT2D eigenvalue weighted by molar-refractivity contribution is 5.77. The number of aliphatic hydroxyl groups excluding tert-OH is 1. The van der Waals surface area contributed by atoms with E-state index in [-0.39, 0.29) is 5.91 Å². The van der Waals surface area contributed by atoms with Crippen LogP contribution in [-0.2, 0) is 24.7 Å². The number of aliphatic hydroxyl groups is 1. The molecule has 0 bridgehead atoms. The van der Waals surface area contributed by atoms with E-state index in [1.165, 1.54) is 11.3 Å². The molecule has 1 aliphatic rings. The third-order valence-electron chi connectivity index (χ3n) is 4.06. The Morgan fingerprint density at radius 2 is 1.95 bits per heavy atom. The highest BCUT2D eigenvalue weighted by atomic mass is 16.3. The molecular weight excluding hydrogens is 266 g/mol. The van der Waals surface area contributed by atoms with Crippen molar-refractivity contribution in [2.75, 3.05) is 19.7 Å². The number of amides is 1. The number of aryl methyl sites for hydroxylation is 1. The molecule has 3 rings (SSSR count). The van der Waals surface area contributed by atoms with Gasteiger partial charge in [-0.05, 0) is 6.42 Å². The highest BCUT2D eigenvalue weighted by Gasteiger charge is 2.23. The van der Waals surface area contributed by atoms with Crippen molar-refractivity contribution in [3.63, 3.8) is 0 Å². The summed E-state index contributed by atoms with van der Waals surface area (Å²) in [5, 5.41) is 13.7. The Kier molecular flexibility index (Phi) is 3.75. The number of carbonyl (C=O) groups excluding carboxylic acids is 1. The molecule has 5 heteroatoms. The summed E-state index contributed by atoms with van der Waals surface area (Å²) in [6.07, 6.45) is 1.55. The van der Waals surface area contributed by atoms with Gasteiger partial charge in [0.05, 0.1) is 5.69 Å². The van der Waals surface area contributed by atoms with E-state index in [1.807, 2.05) is 29.9 Å². The number of benzene rings is 1. The zero-order valence-electron chi connectivity index (χ0n) is 12.1. The fourth-order valence-electron chi connectivity index (χ4n) is 2.95. The summed E-state index contributed by atoms with van der Waals surface area (Å²) in [7, 11) is 1.95. The molecule has 1 N–H and O–H groups in total. The van der Waals surface area contributed by atoms with Crippen molar-refractivity contribution in [1.82, 2.24) is 14.7 Å². The fourth-order valence-corrected chi connectivity index (χ4v) is 2.95. The molecule has 0 radical (unpaired) electrons. The van der Waals surface area contributed by atoms with Crippen LogP contribution in [0, 0.1) is 0 Å². The number of rotatable bonds is 2. The number of hydrogen-bond donors (Lipinski definition) is 1. The van der Waals surface area contributed by atoms with Gasteiger partial charge >= 0.3 is 0 Å². The average Bonchev–Trinajstić information content (AvgIpc) is 2.71. The standard InChI is InChI=1S/C16H19N3O2/c1-18-14-8-10-19(15(21)11-20)9-7-13(14)16(17-18)12-5-3-2-4-6-12/h2-6,20H,7-11H2,1H3. The van der Waals surface area contributed by atoms with Gasteiger partial charge in [-0.1, -0.05) is 30.3 Å². The maximum Gasteiger partial charge on any atom is 0.248 e. The van der Waals surface area contributed by atoms with Gasteiger partial charge in [-0.2, -0.15) is 5.10 Å². The maximum absolute atomic E-state index is 11.7. The predicted octanol–water partition coefficient (Wildman–Crippen LogP) is 1.01. The van der Waals surface area contributed by atoms with E-state index in [2.05, 4.69) is 17.2 Å². The summed E-state index contributed by atoms with van der Waals surface area (Å²) < 4.78 is 1.92.